The summed E-state index contributed by atoms with van der Waals surface area (Å²) < 4.78 is 5.21. The van der Waals surface area contributed by atoms with Crippen LogP contribution in [0.15, 0.2) is 23.3 Å². The predicted octanol–water partition coefficient (Wildman–Crippen LogP) is 1.97. The molecule has 0 aromatic rings. The molecular weight excluding hydrogens is 216 g/mol. The highest BCUT2D eigenvalue weighted by Gasteiger charge is 2.55. The van der Waals surface area contributed by atoms with E-state index in [1.165, 1.54) is 0 Å². The summed E-state index contributed by atoms with van der Waals surface area (Å²) in [6.45, 7) is 2.53. The van der Waals surface area contributed by atoms with Crippen LogP contribution in [-0.4, -0.2) is 23.8 Å². The lowest BCUT2D eigenvalue weighted by Crippen LogP contribution is -2.43. The number of fused-ring (bicyclic) bond motifs is 2. The number of carbonyl (C=O) groups excluding carboxylic acids is 1. The van der Waals surface area contributed by atoms with Gasteiger partial charge in [-0.25, -0.2) is 0 Å². The first kappa shape index (κ1) is 11.0. The highest BCUT2D eigenvalue weighted by molar-refractivity contribution is 5.84. The Kier molecular flexibility index (Phi) is 2.40. The molecule has 1 saturated heterocycles. The summed E-state index contributed by atoms with van der Waals surface area (Å²) in [5, 5.41) is 10.1. The molecule has 3 heteroatoms. The Morgan fingerprint density at radius 3 is 2.94 bits per heavy atom. The van der Waals surface area contributed by atoms with E-state index in [0.29, 0.717) is 6.61 Å². The van der Waals surface area contributed by atoms with Crippen LogP contribution in [0.4, 0.5) is 0 Å². The van der Waals surface area contributed by atoms with Crippen molar-refractivity contribution in [3.05, 3.63) is 23.3 Å². The molecule has 17 heavy (non-hydrogen) atoms. The first-order chi connectivity index (χ1) is 8.16. The quantitative estimate of drug-likeness (QED) is 0.652. The van der Waals surface area contributed by atoms with Gasteiger partial charge in [0, 0.05) is 12.3 Å². The van der Waals surface area contributed by atoms with Gasteiger partial charge >= 0.3 is 5.97 Å². The zero-order chi connectivity index (χ0) is 12.0. The van der Waals surface area contributed by atoms with Crippen molar-refractivity contribution in [3.8, 4) is 0 Å². The zero-order valence-electron chi connectivity index (χ0n) is 10.1. The lowest BCUT2D eigenvalue weighted by Gasteiger charge is -2.43. The molecule has 1 saturated carbocycles. The van der Waals surface area contributed by atoms with E-state index in [1.807, 2.05) is 19.1 Å². The van der Waals surface area contributed by atoms with Gasteiger partial charge in [0.1, 0.15) is 0 Å². The standard InChI is InChI=1S/C14H18O3/c1-9-5-6-10-11(3-2-4-12(10)15)14(9)7-8-17-13(14)16/h5-6,11-12,15H,2-4,7-8H2,1H3/t11-,12?,14-/m0/s1. The number of allylic oxidation sites excluding steroid dienone is 2. The van der Waals surface area contributed by atoms with Gasteiger partial charge in [0.25, 0.3) is 0 Å². The first-order valence-electron chi connectivity index (χ1n) is 6.40. The van der Waals surface area contributed by atoms with Crippen LogP contribution >= 0.6 is 0 Å². The molecule has 3 nitrogen and oxygen atoms in total. The van der Waals surface area contributed by atoms with Crippen molar-refractivity contribution in [1.29, 1.82) is 0 Å². The molecule has 1 unspecified atom stereocenters. The lowest BCUT2D eigenvalue weighted by molar-refractivity contribution is -0.146. The molecule has 1 aliphatic heterocycles. The van der Waals surface area contributed by atoms with Gasteiger partial charge in [-0.2, -0.15) is 0 Å². The minimum atomic E-state index is -0.467. The molecule has 2 aliphatic carbocycles. The monoisotopic (exact) mass is 234 g/mol. The third-order valence-corrected chi connectivity index (χ3v) is 4.68. The maximum atomic E-state index is 12.2. The van der Waals surface area contributed by atoms with E-state index in [4.69, 9.17) is 4.74 Å². The van der Waals surface area contributed by atoms with Crippen LogP contribution in [0.3, 0.4) is 0 Å². The minimum absolute atomic E-state index is 0.0871. The van der Waals surface area contributed by atoms with Gasteiger partial charge < -0.3 is 9.84 Å². The number of rotatable bonds is 0. The van der Waals surface area contributed by atoms with E-state index in [0.717, 1.165) is 36.8 Å². The molecule has 1 heterocycles. The van der Waals surface area contributed by atoms with Crippen molar-refractivity contribution in [1.82, 2.24) is 0 Å². The van der Waals surface area contributed by atoms with Gasteiger partial charge in [-0.05, 0) is 31.8 Å². The van der Waals surface area contributed by atoms with Gasteiger partial charge in [0.05, 0.1) is 18.1 Å². The Morgan fingerprint density at radius 2 is 2.24 bits per heavy atom. The number of cyclic esters (lactones) is 1. The summed E-state index contributed by atoms with van der Waals surface area (Å²) >= 11 is 0. The SMILES string of the molecule is CC1=CC=C2C(O)CCC[C@@H]2[C@]12CCOC2=O. The lowest BCUT2D eigenvalue weighted by atomic mass is 9.59. The molecule has 1 spiro atoms. The Labute approximate surface area is 101 Å². The fourth-order valence-corrected chi connectivity index (χ4v) is 3.69. The molecule has 0 radical (unpaired) electrons. The third-order valence-electron chi connectivity index (χ3n) is 4.68. The van der Waals surface area contributed by atoms with E-state index in [1.54, 1.807) is 0 Å². The second kappa shape index (κ2) is 3.70. The number of hydrogen-bond acceptors (Lipinski definition) is 3. The number of esters is 1. The van der Waals surface area contributed by atoms with Crippen molar-refractivity contribution in [2.45, 2.75) is 38.7 Å². The highest BCUT2D eigenvalue weighted by Crippen LogP contribution is 2.53. The minimum Gasteiger partial charge on any atom is -0.465 e. The van der Waals surface area contributed by atoms with Crippen molar-refractivity contribution < 1.29 is 14.6 Å². The molecule has 3 atom stereocenters. The van der Waals surface area contributed by atoms with Crippen LogP contribution < -0.4 is 0 Å². The van der Waals surface area contributed by atoms with Gasteiger partial charge in [0.2, 0.25) is 0 Å². The molecule has 92 valence electrons. The van der Waals surface area contributed by atoms with E-state index in [9.17, 15) is 9.90 Å². The Balaban J connectivity index is 2.08. The first-order valence-corrected chi connectivity index (χ1v) is 6.40. The summed E-state index contributed by atoms with van der Waals surface area (Å²) in [7, 11) is 0. The van der Waals surface area contributed by atoms with Gasteiger partial charge in [0.15, 0.2) is 0 Å². The van der Waals surface area contributed by atoms with E-state index in [-0.39, 0.29) is 18.0 Å². The van der Waals surface area contributed by atoms with Gasteiger partial charge in [-0.15, -0.1) is 0 Å². The van der Waals surface area contributed by atoms with Gasteiger partial charge in [-0.3, -0.25) is 4.79 Å². The summed E-state index contributed by atoms with van der Waals surface area (Å²) in [4.78, 5) is 12.2. The van der Waals surface area contributed by atoms with Crippen LogP contribution in [0, 0.1) is 11.3 Å². The Hall–Kier alpha value is -1.09. The van der Waals surface area contributed by atoms with Crippen LogP contribution in [0.25, 0.3) is 0 Å². The fraction of sp³-hybridized carbons (Fsp3) is 0.643. The average Bonchev–Trinajstić information content (AvgIpc) is 2.68. The fourth-order valence-electron chi connectivity index (χ4n) is 3.69. The summed E-state index contributed by atoms with van der Waals surface area (Å²) in [6, 6.07) is 0. The highest BCUT2D eigenvalue weighted by atomic mass is 16.5. The maximum absolute atomic E-state index is 12.2. The number of aliphatic hydroxyl groups excluding tert-OH is 1. The topological polar surface area (TPSA) is 46.5 Å². The second-order valence-corrected chi connectivity index (χ2v) is 5.37. The Morgan fingerprint density at radius 1 is 1.41 bits per heavy atom. The number of ether oxygens (including phenoxy) is 1. The molecule has 3 rings (SSSR count). The van der Waals surface area contributed by atoms with Crippen LogP contribution in [-0.2, 0) is 9.53 Å². The molecule has 0 aromatic carbocycles. The largest absolute Gasteiger partial charge is 0.465 e. The van der Waals surface area contributed by atoms with Crippen molar-refractivity contribution >= 4 is 5.97 Å². The van der Waals surface area contributed by atoms with Gasteiger partial charge in [-0.1, -0.05) is 17.7 Å². The van der Waals surface area contributed by atoms with E-state index >= 15 is 0 Å². The summed E-state index contributed by atoms with van der Waals surface area (Å²) in [5.41, 5.74) is 1.68. The van der Waals surface area contributed by atoms with Crippen LogP contribution in [0.2, 0.25) is 0 Å². The van der Waals surface area contributed by atoms with Crippen molar-refractivity contribution in [2.24, 2.45) is 11.3 Å². The number of hydrogen-bond donors (Lipinski definition) is 1. The molecule has 2 fully saturated rings. The van der Waals surface area contributed by atoms with Crippen LogP contribution in [0.5, 0.6) is 0 Å². The average molecular weight is 234 g/mol. The third kappa shape index (κ3) is 1.35. The molecule has 1 N–H and O–H groups in total. The predicted molar refractivity (Wildman–Crippen MR) is 63.2 cm³/mol. The Bertz CT molecular complexity index is 421. The zero-order valence-corrected chi connectivity index (χ0v) is 10.1. The molecule has 0 bridgehead atoms. The summed E-state index contributed by atoms with van der Waals surface area (Å²) in [6.07, 6.45) is 7.20. The number of carbonyl (C=O) groups is 1. The smallest absolute Gasteiger partial charge is 0.316 e. The molecule has 3 aliphatic rings. The van der Waals surface area contributed by atoms with E-state index in [2.05, 4.69) is 0 Å². The number of aliphatic hydroxyl groups is 1. The van der Waals surface area contributed by atoms with Crippen LogP contribution in [0.1, 0.15) is 32.6 Å². The normalized spacial score (nSPS) is 40.7. The van der Waals surface area contributed by atoms with E-state index < -0.39 is 5.41 Å². The molecule has 0 aromatic heterocycles. The molecular formula is C14H18O3. The van der Waals surface area contributed by atoms with Crippen molar-refractivity contribution in [2.75, 3.05) is 6.61 Å². The maximum Gasteiger partial charge on any atom is 0.316 e. The summed E-state index contributed by atoms with van der Waals surface area (Å²) in [5.74, 6) is 0.0715. The van der Waals surface area contributed by atoms with Crippen molar-refractivity contribution in [3.63, 3.8) is 0 Å². The second-order valence-electron chi connectivity index (χ2n) is 5.37. The molecule has 0 amide bonds.